The van der Waals surface area contributed by atoms with Gasteiger partial charge in [-0.25, -0.2) is 4.79 Å². The van der Waals surface area contributed by atoms with Crippen molar-refractivity contribution in [1.82, 2.24) is 10.6 Å². The fraction of sp³-hybridized carbons (Fsp3) is 0.278. The third kappa shape index (κ3) is 6.76. The second kappa shape index (κ2) is 9.58. The minimum absolute atomic E-state index is 0.117. The molecule has 0 saturated carbocycles. The van der Waals surface area contributed by atoms with Crippen LogP contribution in [0.2, 0.25) is 0 Å². The van der Waals surface area contributed by atoms with Crippen molar-refractivity contribution in [3.63, 3.8) is 0 Å². The molecule has 25 heavy (non-hydrogen) atoms. The van der Waals surface area contributed by atoms with Crippen LogP contribution in [-0.2, 0) is 27.3 Å². The molecule has 0 radical (unpaired) electrons. The Morgan fingerprint density at radius 1 is 1.08 bits per heavy atom. The number of ether oxygens (including phenoxy) is 1. The maximum absolute atomic E-state index is 11.9. The quantitative estimate of drug-likeness (QED) is 0.704. The number of rotatable bonds is 8. The van der Waals surface area contributed by atoms with Crippen LogP contribution >= 0.6 is 11.3 Å². The average Bonchev–Trinajstić information content (AvgIpc) is 3.11. The smallest absolute Gasteiger partial charge is 0.338 e. The number of amides is 2. The highest BCUT2D eigenvalue weighted by Gasteiger charge is 2.10. The maximum Gasteiger partial charge on any atom is 0.338 e. The van der Waals surface area contributed by atoms with Crippen LogP contribution in [0.5, 0.6) is 0 Å². The number of esters is 1. The van der Waals surface area contributed by atoms with Gasteiger partial charge in [-0.15, -0.1) is 11.3 Å². The molecule has 0 fully saturated rings. The van der Waals surface area contributed by atoms with Crippen LogP contribution in [0.25, 0.3) is 0 Å². The van der Waals surface area contributed by atoms with Crippen LogP contribution in [0.3, 0.4) is 0 Å². The van der Waals surface area contributed by atoms with E-state index in [0.717, 1.165) is 12.0 Å². The molecule has 0 atom stereocenters. The second-order valence-corrected chi connectivity index (χ2v) is 6.39. The van der Waals surface area contributed by atoms with E-state index >= 15 is 0 Å². The molecule has 2 rings (SSSR count). The first kappa shape index (κ1) is 18.7. The summed E-state index contributed by atoms with van der Waals surface area (Å²) in [5.74, 6) is -1.000. The Bertz CT molecular complexity index is 711. The lowest BCUT2D eigenvalue weighted by Gasteiger charge is -2.07. The molecule has 2 amide bonds. The first-order chi connectivity index (χ1) is 12.0. The number of benzene rings is 1. The predicted molar refractivity (Wildman–Crippen MR) is 95.3 cm³/mol. The van der Waals surface area contributed by atoms with E-state index in [1.165, 1.54) is 11.8 Å². The molecule has 2 N–H and O–H groups in total. The molecular formula is C18H20N2O4S. The van der Waals surface area contributed by atoms with Gasteiger partial charge < -0.3 is 15.4 Å². The topological polar surface area (TPSA) is 84.5 Å². The minimum atomic E-state index is -0.556. The predicted octanol–water partition coefficient (Wildman–Crippen LogP) is 1.90. The molecule has 7 heteroatoms. The van der Waals surface area contributed by atoms with E-state index in [1.807, 2.05) is 17.5 Å². The van der Waals surface area contributed by atoms with Gasteiger partial charge in [-0.05, 0) is 35.6 Å². The van der Waals surface area contributed by atoms with Gasteiger partial charge in [-0.1, -0.05) is 18.2 Å². The van der Waals surface area contributed by atoms with Gasteiger partial charge in [0.05, 0.1) is 5.56 Å². The second-order valence-electron chi connectivity index (χ2n) is 5.36. The van der Waals surface area contributed by atoms with Crippen LogP contribution in [-0.4, -0.2) is 30.9 Å². The van der Waals surface area contributed by atoms with Gasteiger partial charge in [-0.2, -0.15) is 0 Å². The summed E-state index contributed by atoms with van der Waals surface area (Å²) >= 11 is 1.64. The molecule has 0 spiro atoms. The zero-order chi connectivity index (χ0) is 18.1. The van der Waals surface area contributed by atoms with Crippen molar-refractivity contribution >= 4 is 29.1 Å². The van der Waals surface area contributed by atoms with Crippen molar-refractivity contribution in [2.75, 3.05) is 13.2 Å². The SMILES string of the molecule is CC(=O)NCc1ccc(C(=O)OCC(=O)NCCc2cccs2)cc1. The third-order valence-corrected chi connectivity index (χ3v) is 4.28. The molecule has 1 aromatic carbocycles. The van der Waals surface area contributed by atoms with Crippen molar-refractivity contribution in [3.05, 3.63) is 57.8 Å². The Morgan fingerprint density at radius 2 is 1.84 bits per heavy atom. The van der Waals surface area contributed by atoms with E-state index in [9.17, 15) is 14.4 Å². The van der Waals surface area contributed by atoms with Crippen LogP contribution in [0, 0.1) is 0 Å². The lowest BCUT2D eigenvalue weighted by atomic mass is 10.1. The molecule has 1 aromatic heterocycles. The van der Waals surface area contributed by atoms with E-state index in [1.54, 1.807) is 35.6 Å². The number of hydrogen-bond acceptors (Lipinski definition) is 5. The van der Waals surface area contributed by atoms with Gasteiger partial charge in [0, 0.05) is 24.9 Å². The molecule has 0 saturated heterocycles. The van der Waals surface area contributed by atoms with Crippen molar-refractivity contribution in [2.24, 2.45) is 0 Å². The maximum atomic E-state index is 11.9. The molecule has 0 aliphatic heterocycles. The lowest BCUT2D eigenvalue weighted by Crippen LogP contribution is -2.30. The minimum Gasteiger partial charge on any atom is -0.452 e. The Hall–Kier alpha value is -2.67. The molecule has 0 aliphatic carbocycles. The van der Waals surface area contributed by atoms with E-state index in [4.69, 9.17) is 4.74 Å². The normalized spacial score (nSPS) is 10.1. The van der Waals surface area contributed by atoms with Crippen LogP contribution in [0.1, 0.15) is 27.7 Å². The zero-order valence-electron chi connectivity index (χ0n) is 13.9. The van der Waals surface area contributed by atoms with Gasteiger partial charge >= 0.3 is 5.97 Å². The van der Waals surface area contributed by atoms with Crippen molar-refractivity contribution in [3.8, 4) is 0 Å². The Morgan fingerprint density at radius 3 is 2.48 bits per heavy atom. The molecule has 0 unspecified atom stereocenters. The highest BCUT2D eigenvalue weighted by Crippen LogP contribution is 2.08. The fourth-order valence-electron chi connectivity index (χ4n) is 2.03. The summed E-state index contributed by atoms with van der Waals surface area (Å²) in [6.07, 6.45) is 0.757. The van der Waals surface area contributed by atoms with E-state index in [-0.39, 0.29) is 18.4 Å². The summed E-state index contributed by atoms with van der Waals surface area (Å²) < 4.78 is 5.00. The zero-order valence-corrected chi connectivity index (χ0v) is 14.7. The molecule has 1 heterocycles. The summed E-state index contributed by atoms with van der Waals surface area (Å²) in [7, 11) is 0. The highest BCUT2D eigenvalue weighted by molar-refractivity contribution is 7.09. The summed E-state index contributed by atoms with van der Waals surface area (Å²) in [5, 5.41) is 7.37. The molecule has 0 aliphatic rings. The summed E-state index contributed by atoms with van der Waals surface area (Å²) in [6, 6.07) is 10.6. The van der Waals surface area contributed by atoms with Gasteiger partial charge in [0.1, 0.15) is 0 Å². The van der Waals surface area contributed by atoms with Crippen molar-refractivity contribution < 1.29 is 19.1 Å². The largest absolute Gasteiger partial charge is 0.452 e. The fourth-order valence-corrected chi connectivity index (χ4v) is 2.74. The van der Waals surface area contributed by atoms with Crippen LogP contribution in [0.4, 0.5) is 0 Å². The molecule has 2 aromatic rings. The first-order valence-corrected chi connectivity index (χ1v) is 8.72. The van der Waals surface area contributed by atoms with E-state index in [0.29, 0.717) is 18.7 Å². The number of hydrogen-bond donors (Lipinski definition) is 2. The molecule has 6 nitrogen and oxygen atoms in total. The first-order valence-electron chi connectivity index (χ1n) is 7.84. The van der Waals surface area contributed by atoms with E-state index < -0.39 is 5.97 Å². The van der Waals surface area contributed by atoms with Gasteiger partial charge in [-0.3, -0.25) is 9.59 Å². The van der Waals surface area contributed by atoms with Crippen LogP contribution in [0.15, 0.2) is 41.8 Å². The molecular weight excluding hydrogens is 340 g/mol. The summed E-state index contributed by atoms with van der Waals surface area (Å²) in [6.45, 7) is 2.04. The Kier molecular flexibility index (Phi) is 7.16. The molecule has 132 valence electrons. The third-order valence-electron chi connectivity index (χ3n) is 3.34. The van der Waals surface area contributed by atoms with Crippen LogP contribution < -0.4 is 10.6 Å². The van der Waals surface area contributed by atoms with Gasteiger partial charge in [0.2, 0.25) is 5.91 Å². The van der Waals surface area contributed by atoms with Gasteiger partial charge in [0.15, 0.2) is 6.61 Å². The van der Waals surface area contributed by atoms with Crippen molar-refractivity contribution in [1.29, 1.82) is 0 Å². The molecule has 0 bridgehead atoms. The van der Waals surface area contributed by atoms with Crippen molar-refractivity contribution in [2.45, 2.75) is 19.9 Å². The number of carbonyl (C=O) groups is 3. The van der Waals surface area contributed by atoms with Gasteiger partial charge in [0.25, 0.3) is 5.91 Å². The van der Waals surface area contributed by atoms with E-state index in [2.05, 4.69) is 10.6 Å². The summed E-state index contributed by atoms with van der Waals surface area (Å²) in [5.41, 5.74) is 1.23. The highest BCUT2D eigenvalue weighted by atomic mass is 32.1. The lowest BCUT2D eigenvalue weighted by molar-refractivity contribution is -0.124. The monoisotopic (exact) mass is 360 g/mol. The number of carbonyl (C=O) groups excluding carboxylic acids is 3. The Balaban J connectivity index is 1.70. The summed E-state index contributed by atoms with van der Waals surface area (Å²) in [4.78, 5) is 35.7. The number of thiophene rings is 1. The Labute approximate surface area is 150 Å². The average molecular weight is 360 g/mol. The standard InChI is InChI=1S/C18H20N2O4S/c1-13(21)20-11-14-4-6-15(7-5-14)18(23)24-12-17(22)19-9-8-16-3-2-10-25-16/h2-7,10H,8-9,11-12H2,1H3,(H,19,22)(H,20,21). The number of nitrogens with one attached hydrogen (secondary N) is 2.